The van der Waals surface area contributed by atoms with Gasteiger partial charge in [0, 0.05) is 31.4 Å². The number of sulfonamides is 1. The number of likely N-dealkylation sites (tertiary alicyclic amines) is 1. The summed E-state index contributed by atoms with van der Waals surface area (Å²) in [6, 6.07) is 4.74. The Kier molecular flexibility index (Phi) is 6.93. The summed E-state index contributed by atoms with van der Waals surface area (Å²) in [6.45, 7) is 3.76. The van der Waals surface area contributed by atoms with Crippen molar-refractivity contribution in [2.24, 2.45) is 5.92 Å². The monoisotopic (exact) mass is 411 g/mol. The summed E-state index contributed by atoms with van der Waals surface area (Å²) in [7, 11) is -3.15. The minimum Gasteiger partial charge on any atom is -0.385 e. The fourth-order valence-corrected chi connectivity index (χ4v) is 4.88. The molecule has 1 amide bonds. The van der Waals surface area contributed by atoms with Crippen LogP contribution in [0.4, 0.5) is 10.1 Å². The van der Waals surface area contributed by atoms with Gasteiger partial charge in [0.25, 0.3) is 5.91 Å². The van der Waals surface area contributed by atoms with Crippen LogP contribution in [0.25, 0.3) is 0 Å². The highest BCUT2D eigenvalue weighted by atomic mass is 32.2. The highest BCUT2D eigenvalue weighted by molar-refractivity contribution is 7.89. The third-order valence-corrected chi connectivity index (χ3v) is 7.21. The van der Waals surface area contributed by atoms with Gasteiger partial charge >= 0.3 is 0 Å². The summed E-state index contributed by atoms with van der Waals surface area (Å²) in [5, 5.41) is 3.26. The average molecular weight is 412 g/mol. The van der Waals surface area contributed by atoms with Crippen molar-refractivity contribution >= 4 is 21.6 Å². The summed E-state index contributed by atoms with van der Waals surface area (Å²) >= 11 is 0. The molecule has 0 spiro atoms. The first-order chi connectivity index (χ1) is 13.4. The van der Waals surface area contributed by atoms with Crippen molar-refractivity contribution in [1.29, 1.82) is 0 Å². The van der Waals surface area contributed by atoms with Crippen LogP contribution >= 0.6 is 0 Å². The second-order valence-electron chi connectivity index (χ2n) is 7.81. The number of hydrogen-bond acceptors (Lipinski definition) is 4. The number of hydrogen-bond donors (Lipinski definition) is 2. The van der Waals surface area contributed by atoms with Gasteiger partial charge < -0.3 is 10.2 Å². The van der Waals surface area contributed by atoms with Gasteiger partial charge in [0.2, 0.25) is 10.0 Å². The molecule has 1 aromatic carbocycles. The van der Waals surface area contributed by atoms with E-state index in [-0.39, 0.29) is 23.3 Å². The molecule has 1 heterocycles. The van der Waals surface area contributed by atoms with Crippen molar-refractivity contribution in [2.45, 2.75) is 51.5 Å². The largest absolute Gasteiger partial charge is 0.385 e. The molecule has 1 saturated carbocycles. The first-order valence-corrected chi connectivity index (χ1v) is 11.9. The Hall–Kier alpha value is -1.67. The molecule has 2 aliphatic rings. The van der Waals surface area contributed by atoms with E-state index in [1.165, 1.54) is 6.07 Å². The number of carbonyl (C=O) groups excluding carboxylic acids is 1. The van der Waals surface area contributed by atoms with Crippen LogP contribution in [0.15, 0.2) is 18.2 Å². The van der Waals surface area contributed by atoms with Crippen LogP contribution in [0.2, 0.25) is 0 Å². The topological polar surface area (TPSA) is 78.5 Å². The van der Waals surface area contributed by atoms with Gasteiger partial charge in [-0.1, -0.05) is 0 Å². The average Bonchev–Trinajstić information content (AvgIpc) is 3.22. The summed E-state index contributed by atoms with van der Waals surface area (Å²) < 4.78 is 40.5. The zero-order valence-corrected chi connectivity index (χ0v) is 17.2. The van der Waals surface area contributed by atoms with E-state index in [1.54, 1.807) is 24.0 Å². The summed E-state index contributed by atoms with van der Waals surface area (Å²) in [4.78, 5) is 14.1. The van der Waals surface area contributed by atoms with Gasteiger partial charge in [-0.15, -0.1) is 0 Å². The fraction of sp³-hybridized carbons (Fsp3) is 0.650. The Bertz CT molecular complexity index is 786. The van der Waals surface area contributed by atoms with Gasteiger partial charge in [0.05, 0.1) is 11.3 Å². The molecule has 0 radical (unpaired) electrons. The van der Waals surface area contributed by atoms with E-state index in [0.29, 0.717) is 31.2 Å². The predicted octanol–water partition coefficient (Wildman–Crippen LogP) is 2.97. The molecule has 3 rings (SSSR count). The maximum absolute atomic E-state index is 14.4. The minimum atomic E-state index is -3.15. The third-order valence-electron chi connectivity index (χ3n) is 5.76. The van der Waals surface area contributed by atoms with Crippen LogP contribution in [-0.4, -0.2) is 50.7 Å². The first kappa shape index (κ1) is 21.0. The quantitative estimate of drug-likeness (QED) is 0.723. The zero-order valence-electron chi connectivity index (χ0n) is 16.4. The van der Waals surface area contributed by atoms with Crippen LogP contribution in [0.3, 0.4) is 0 Å². The van der Waals surface area contributed by atoms with E-state index in [9.17, 15) is 17.6 Å². The number of benzene rings is 1. The van der Waals surface area contributed by atoms with E-state index in [1.807, 2.05) is 0 Å². The number of anilines is 1. The van der Waals surface area contributed by atoms with Crippen molar-refractivity contribution in [2.75, 3.05) is 30.7 Å². The lowest BCUT2D eigenvalue weighted by Gasteiger charge is -2.29. The molecule has 6 nitrogen and oxygen atoms in total. The molecule has 1 aliphatic heterocycles. The molecule has 0 bridgehead atoms. The Morgan fingerprint density at radius 1 is 1.18 bits per heavy atom. The van der Waals surface area contributed by atoms with Crippen LogP contribution in [-0.2, 0) is 10.0 Å². The van der Waals surface area contributed by atoms with Gasteiger partial charge in [-0.2, -0.15) is 0 Å². The number of rotatable bonds is 7. The van der Waals surface area contributed by atoms with Crippen LogP contribution in [0.1, 0.15) is 55.8 Å². The summed E-state index contributed by atoms with van der Waals surface area (Å²) in [5.74, 6) is -0.179. The van der Waals surface area contributed by atoms with Gasteiger partial charge in [-0.3, -0.25) is 4.79 Å². The van der Waals surface area contributed by atoms with Crippen molar-refractivity contribution in [3.05, 3.63) is 29.6 Å². The number of halogens is 1. The lowest BCUT2D eigenvalue weighted by atomic mass is 9.86. The summed E-state index contributed by atoms with van der Waals surface area (Å²) in [6.07, 6.45) is 5.46. The molecule has 2 N–H and O–H groups in total. The lowest BCUT2D eigenvalue weighted by molar-refractivity contribution is 0.0788. The maximum Gasteiger partial charge on any atom is 0.256 e. The normalized spacial score (nSPS) is 23.0. The molecule has 1 saturated heterocycles. The van der Waals surface area contributed by atoms with Gasteiger partial charge in [0.1, 0.15) is 5.82 Å². The second kappa shape index (κ2) is 9.22. The molecule has 156 valence electrons. The molecular formula is C20H30FN3O3S. The van der Waals surface area contributed by atoms with E-state index >= 15 is 0 Å². The Balaban J connectivity index is 1.48. The first-order valence-electron chi connectivity index (χ1n) is 10.2. The molecule has 2 fully saturated rings. The standard InChI is InChI=1S/C20H30FN3O3S/c1-2-28(26,27)23-16-7-5-15(6-8-16)14-22-17-9-10-18(19(21)13-17)20(25)24-11-3-4-12-24/h9-10,13,15-16,22-23H,2-8,11-12,14H2,1H3/t15-,16-. The molecule has 1 aliphatic carbocycles. The molecule has 0 aromatic heterocycles. The third kappa shape index (κ3) is 5.44. The molecule has 0 unspecified atom stereocenters. The smallest absolute Gasteiger partial charge is 0.256 e. The van der Waals surface area contributed by atoms with Gasteiger partial charge in [-0.25, -0.2) is 17.5 Å². The van der Waals surface area contributed by atoms with Crippen molar-refractivity contribution < 1.29 is 17.6 Å². The molecule has 0 atom stereocenters. The van der Waals surface area contributed by atoms with E-state index < -0.39 is 15.8 Å². The van der Waals surface area contributed by atoms with Crippen molar-refractivity contribution in [1.82, 2.24) is 9.62 Å². The predicted molar refractivity (Wildman–Crippen MR) is 108 cm³/mol. The number of carbonyl (C=O) groups is 1. The zero-order chi connectivity index (χ0) is 20.1. The van der Waals surface area contributed by atoms with Gasteiger partial charge in [-0.05, 0) is 69.6 Å². The van der Waals surface area contributed by atoms with E-state index in [2.05, 4.69) is 10.0 Å². The Morgan fingerprint density at radius 2 is 1.86 bits per heavy atom. The van der Waals surface area contributed by atoms with E-state index in [0.717, 1.165) is 38.5 Å². The van der Waals surface area contributed by atoms with Crippen LogP contribution in [0, 0.1) is 11.7 Å². The van der Waals surface area contributed by atoms with Crippen molar-refractivity contribution in [3.63, 3.8) is 0 Å². The number of nitrogens with zero attached hydrogens (tertiary/aromatic N) is 1. The van der Waals surface area contributed by atoms with Crippen molar-refractivity contribution in [3.8, 4) is 0 Å². The highest BCUT2D eigenvalue weighted by Gasteiger charge is 2.25. The Labute approximate surface area is 166 Å². The van der Waals surface area contributed by atoms with Crippen LogP contribution in [0.5, 0.6) is 0 Å². The maximum atomic E-state index is 14.4. The lowest BCUT2D eigenvalue weighted by Crippen LogP contribution is -2.39. The molecular weight excluding hydrogens is 381 g/mol. The molecule has 8 heteroatoms. The fourth-order valence-electron chi connectivity index (χ4n) is 3.97. The van der Waals surface area contributed by atoms with Crippen LogP contribution < -0.4 is 10.0 Å². The molecule has 28 heavy (non-hydrogen) atoms. The number of amides is 1. The van der Waals surface area contributed by atoms with E-state index in [4.69, 9.17) is 0 Å². The Morgan fingerprint density at radius 3 is 2.46 bits per heavy atom. The minimum absolute atomic E-state index is 0.0227. The second-order valence-corrected chi connectivity index (χ2v) is 9.86. The SMILES string of the molecule is CCS(=O)(=O)N[C@H]1CC[C@H](CNc2ccc(C(=O)N3CCCC3)c(F)c2)CC1. The highest BCUT2D eigenvalue weighted by Crippen LogP contribution is 2.26. The van der Waals surface area contributed by atoms with Gasteiger partial charge in [0.15, 0.2) is 0 Å². The molecule has 1 aromatic rings. The summed E-state index contributed by atoms with van der Waals surface area (Å²) in [5.41, 5.74) is 0.806. The number of nitrogens with one attached hydrogen (secondary N) is 2.